The summed E-state index contributed by atoms with van der Waals surface area (Å²) >= 11 is 0. The molecule has 0 bridgehead atoms. The molecule has 1 aromatic rings. The van der Waals surface area contributed by atoms with E-state index in [-0.39, 0.29) is 29.6 Å². The number of nitrogens with zero attached hydrogens (tertiary/aromatic N) is 3. The van der Waals surface area contributed by atoms with Crippen molar-refractivity contribution in [1.29, 1.82) is 5.26 Å². The Morgan fingerprint density at radius 3 is 2.85 bits per heavy atom. The number of sulfonamides is 1. The lowest BCUT2D eigenvalue weighted by Gasteiger charge is -2.39. The van der Waals surface area contributed by atoms with Crippen LogP contribution >= 0.6 is 0 Å². The second kappa shape index (κ2) is 4.85. The SMILES string of the molecule is CC1(C)C(=O)NCCN1S(=O)(=O)c1cccnc1C#N. The first-order chi connectivity index (χ1) is 9.31. The molecule has 0 atom stereocenters. The summed E-state index contributed by atoms with van der Waals surface area (Å²) in [6.45, 7) is 3.45. The number of carbonyl (C=O) groups excluding carboxylic acids is 1. The minimum Gasteiger partial charge on any atom is -0.353 e. The van der Waals surface area contributed by atoms with Crippen LogP contribution in [0.4, 0.5) is 0 Å². The number of rotatable bonds is 2. The molecule has 1 fully saturated rings. The van der Waals surface area contributed by atoms with Crippen LogP contribution in [0.3, 0.4) is 0 Å². The van der Waals surface area contributed by atoms with Gasteiger partial charge in [0.05, 0.1) is 0 Å². The van der Waals surface area contributed by atoms with E-state index >= 15 is 0 Å². The zero-order chi connectivity index (χ0) is 15.0. The van der Waals surface area contributed by atoms with Gasteiger partial charge in [-0.15, -0.1) is 0 Å². The van der Waals surface area contributed by atoms with Crippen LogP contribution in [0.15, 0.2) is 23.2 Å². The van der Waals surface area contributed by atoms with Crippen LogP contribution in [0.25, 0.3) is 0 Å². The van der Waals surface area contributed by atoms with E-state index < -0.39 is 15.6 Å². The Labute approximate surface area is 117 Å². The first-order valence-corrected chi connectivity index (χ1v) is 7.42. The Bertz CT molecular complexity index is 691. The highest BCUT2D eigenvalue weighted by Gasteiger charge is 2.45. The first-order valence-electron chi connectivity index (χ1n) is 5.98. The Morgan fingerprint density at radius 2 is 2.20 bits per heavy atom. The van der Waals surface area contributed by atoms with Crippen molar-refractivity contribution in [2.24, 2.45) is 0 Å². The van der Waals surface area contributed by atoms with E-state index in [9.17, 15) is 13.2 Å². The smallest absolute Gasteiger partial charge is 0.246 e. The van der Waals surface area contributed by atoms with Gasteiger partial charge >= 0.3 is 0 Å². The van der Waals surface area contributed by atoms with E-state index in [1.165, 1.54) is 32.2 Å². The first kappa shape index (κ1) is 14.4. The molecule has 106 valence electrons. The molecule has 8 heteroatoms. The Balaban J connectivity index is 2.56. The summed E-state index contributed by atoms with van der Waals surface area (Å²) in [5.41, 5.74) is -1.38. The van der Waals surface area contributed by atoms with Gasteiger partial charge in [0.2, 0.25) is 15.9 Å². The van der Waals surface area contributed by atoms with Crippen LogP contribution in [-0.4, -0.2) is 42.2 Å². The topological polar surface area (TPSA) is 103 Å². The molecule has 0 radical (unpaired) electrons. The van der Waals surface area contributed by atoms with Gasteiger partial charge in [0.1, 0.15) is 16.5 Å². The zero-order valence-electron chi connectivity index (χ0n) is 11.1. The minimum absolute atomic E-state index is 0.154. The maximum Gasteiger partial charge on any atom is 0.246 e. The molecule has 1 saturated heterocycles. The second-order valence-electron chi connectivity index (χ2n) is 4.85. The predicted octanol–water partition coefficient (Wildman–Crippen LogP) is -0.148. The molecular weight excluding hydrogens is 280 g/mol. The van der Waals surface area contributed by atoms with Crippen molar-refractivity contribution in [1.82, 2.24) is 14.6 Å². The molecule has 0 aromatic carbocycles. The van der Waals surface area contributed by atoms with Gasteiger partial charge in [-0.3, -0.25) is 4.79 Å². The molecule has 0 saturated carbocycles. The van der Waals surface area contributed by atoms with Gasteiger partial charge in [-0.1, -0.05) is 0 Å². The standard InChI is InChI=1S/C12H14N4O3S/c1-12(2)11(17)15-6-7-16(12)20(18,19)10-4-3-5-14-9(10)8-13/h3-5H,6-7H2,1-2H3,(H,15,17). The number of hydrogen-bond acceptors (Lipinski definition) is 5. The minimum atomic E-state index is -3.96. The summed E-state index contributed by atoms with van der Waals surface area (Å²) < 4.78 is 26.5. The van der Waals surface area contributed by atoms with Crippen molar-refractivity contribution in [2.75, 3.05) is 13.1 Å². The molecule has 7 nitrogen and oxygen atoms in total. The van der Waals surface area contributed by atoms with Crippen molar-refractivity contribution in [3.05, 3.63) is 24.0 Å². The van der Waals surface area contributed by atoms with Crippen LogP contribution in [-0.2, 0) is 14.8 Å². The molecule has 0 aliphatic carbocycles. The van der Waals surface area contributed by atoms with Gasteiger partial charge in [0, 0.05) is 19.3 Å². The van der Waals surface area contributed by atoms with E-state index in [0.717, 1.165) is 4.31 Å². The van der Waals surface area contributed by atoms with E-state index in [1.807, 2.05) is 0 Å². The van der Waals surface area contributed by atoms with E-state index in [2.05, 4.69) is 10.3 Å². The van der Waals surface area contributed by atoms with Crippen molar-refractivity contribution in [3.63, 3.8) is 0 Å². The van der Waals surface area contributed by atoms with Crippen LogP contribution in [0.2, 0.25) is 0 Å². The molecule has 0 spiro atoms. The highest BCUT2D eigenvalue weighted by atomic mass is 32.2. The maximum atomic E-state index is 12.7. The number of pyridine rings is 1. The summed E-state index contributed by atoms with van der Waals surface area (Å²) in [6, 6.07) is 4.53. The van der Waals surface area contributed by atoms with Crippen LogP contribution in [0, 0.1) is 11.3 Å². The van der Waals surface area contributed by atoms with Crippen molar-refractivity contribution < 1.29 is 13.2 Å². The summed E-state index contributed by atoms with van der Waals surface area (Å²) in [4.78, 5) is 15.4. The summed E-state index contributed by atoms with van der Waals surface area (Å²) in [6.07, 6.45) is 1.35. The van der Waals surface area contributed by atoms with Gasteiger partial charge in [-0.05, 0) is 26.0 Å². The molecule has 20 heavy (non-hydrogen) atoms. The summed E-state index contributed by atoms with van der Waals surface area (Å²) in [5, 5.41) is 11.6. The lowest BCUT2D eigenvalue weighted by Crippen LogP contribution is -2.63. The molecule has 1 N–H and O–H groups in total. The fourth-order valence-electron chi connectivity index (χ4n) is 2.10. The Morgan fingerprint density at radius 1 is 1.50 bits per heavy atom. The monoisotopic (exact) mass is 294 g/mol. The highest BCUT2D eigenvalue weighted by Crippen LogP contribution is 2.27. The van der Waals surface area contributed by atoms with E-state index in [0.29, 0.717) is 0 Å². The van der Waals surface area contributed by atoms with Gasteiger partial charge in [-0.2, -0.15) is 9.57 Å². The lowest BCUT2D eigenvalue weighted by molar-refractivity contribution is -0.131. The maximum absolute atomic E-state index is 12.7. The van der Waals surface area contributed by atoms with E-state index in [1.54, 1.807) is 6.07 Å². The molecular formula is C12H14N4O3S. The van der Waals surface area contributed by atoms with Crippen LogP contribution in [0.5, 0.6) is 0 Å². The second-order valence-corrected chi connectivity index (χ2v) is 6.68. The van der Waals surface area contributed by atoms with Crippen LogP contribution < -0.4 is 5.32 Å². The predicted molar refractivity (Wildman–Crippen MR) is 69.9 cm³/mol. The number of aromatic nitrogens is 1. The zero-order valence-corrected chi connectivity index (χ0v) is 11.9. The average molecular weight is 294 g/mol. The molecule has 1 aromatic heterocycles. The summed E-state index contributed by atoms with van der Waals surface area (Å²) in [7, 11) is -3.96. The highest BCUT2D eigenvalue weighted by molar-refractivity contribution is 7.89. The molecule has 1 aliphatic rings. The quantitative estimate of drug-likeness (QED) is 0.817. The number of nitriles is 1. The van der Waals surface area contributed by atoms with Gasteiger partial charge in [0.15, 0.2) is 5.69 Å². The number of carbonyl (C=O) groups is 1. The van der Waals surface area contributed by atoms with E-state index in [4.69, 9.17) is 5.26 Å². The van der Waals surface area contributed by atoms with Gasteiger partial charge < -0.3 is 5.32 Å². The van der Waals surface area contributed by atoms with Crippen LogP contribution in [0.1, 0.15) is 19.5 Å². The third-order valence-electron chi connectivity index (χ3n) is 3.22. The number of nitrogens with one attached hydrogen (secondary N) is 1. The molecule has 2 heterocycles. The number of piperazine rings is 1. The van der Waals surface area contributed by atoms with Gasteiger partial charge in [-0.25, -0.2) is 13.4 Å². The Hall–Kier alpha value is -1.98. The molecule has 1 amide bonds. The molecule has 2 rings (SSSR count). The third-order valence-corrected chi connectivity index (χ3v) is 5.33. The number of amides is 1. The lowest BCUT2D eigenvalue weighted by atomic mass is 10.0. The molecule has 0 unspecified atom stereocenters. The number of hydrogen-bond donors (Lipinski definition) is 1. The normalized spacial score (nSPS) is 19.1. The average Bonchev–Trinajstić information content (AvgIpc) is 2.41. The van der Waals surface area contributed by atoms with Crippen molar-refractivity contribution >= 4 is 15.9 Å². The largest absolute Gasteiger partial charge is 0.353 e. The molecule has 1 aliphatic heterocycles. The fourth-order valence-corrected chi connectivity index (χ4v) is 3.95. The van der Waals surface area contributed by atoms with Gasteiger partial charge in [0.25, 0.3) is 0 Å². The Kier molecular flexibility index (Phi) is 3.50. The van der Waals surface area contributed by atoms with Crippen molar-refractivity contribution in [2.45, 2.75) is 24.3 Å². The fraction of sp³-hybridized carbons (Fsp3) is 0.417. The van der Waals surface area contributed by atoms with Crippen molar-refractivity contribution in [3.8, 4) is 6.07 Å². The summed E-state index contributed by atoms with van der Waals surface area (Å²) in [5.74, 6) is -0.366. The third kappa shape index (κ3) is 2.15.